The first-order valence-corrected chi connectivity index (χ1v) is 5.79. The molecule has 0 aliphatic carbocycles. The van der Waals surface area contributed by atoms with E-state index in [2.05, 4.69) is 8.20 Å². The lowest BCUT2D eigenvalue weighted by atomic mass is 9.56. The van der Waals surface area contributed by atoms with Crippen LogP contribution in [0, 0.1) is 0 Å². The molecule has 1 saturated heterocycles. The summed E-state index contributed by atoms with van der Waals surface area (Å²) in [4.78, 5) is 0. The van der Waals surface area contributed by atoms with Crippen LogP contribution in [0.4, 0.5) is 35.1 Å². The van der Waals surface area contributed by atoms with Crippen LogP contribution in [0.2, 0.25) is 0 Å². The highest BCUT2D eigenvalue weighted by Crippen LogP contribution is 2.48. The lowest BCUT2D eigenvalue weighted by Crippen LogP contribution is -2.71. The molecule has 2 unspecified atom stereocenters. The summed E-state index contributed by atoms with van der Waals surface area (Å²) >= 11 is -8.83. The van der Waals surface area contributed by atoms with E-state index in [0.29, 0.717) is 0 Å². The molecule has 0 N–H and O–H groups in total. The maximum Gasteiger partial charge on any atom is 0.483 e. The highest BCUT2D eigenvalue weighted by molar-refractivity contribution is 8.01. The minimum atomic E-state index is -6.42. The van der Waals surface area contributed by atoms with E-state index in [0.717, 1.165) is 0 Å². The number of alkyl halides is 8. The Labute approximate surface area is 97.9 Å². The lowest BCUT2D eigenvalue weighted by Gasteiger charge is -2.45. The van der Waals surface area contributed by atoms with E-state index in [4.69, 9.17) is 0 Å². The molecule has 0 aromatic carbocycles. The van der Waals surface area contributed by atoms with Crippen LogP contribution < -0.4 is 0 Å². The second-order valence-electron chi connectivity index (χ2n) is 2.92. The largest absolute Gasteiger partial charge is 0.483 e. The van der Waals surface area contributed by atoms with E-state index in [9.17, 15) is 43.5 Å². The monoisotopic (exact) mass is 327 g/mol. The van der Waals surface area contributed by atoms with Gasteiger partial charge in [0.1, 0.15) is 0 Å². The molecule has 1 aliphatic heterocycles. The summed E-state index contributed by atoms with van der Waals surface area (Å²) in [6.45, 7) is -6.42. The van der Waals surface area contributed by atoms with Gasteiger partial charge in [-0.1, -0.05) is 0 Å². The molecule has 0 bridgehead atoms. The SMILES string of the molecule is O=S1O[B-](C(F)(F)F)(C(F)(F)F)OS(=O)C1(F)F. The van der Waals surface area contributed by atoms with Gasteiger partial charge < -0.3 is 8.20 Å². The summed E-state index contributed by atoms with van der Waals surface area (Å²) in [6, 6.07) is 0. The fourth-order valence-corrected chi connectivity index (χ4v) is 2.79. The standard InChI is InChI=1S/C3BF8O4S2/c5-1(6,7)4(2(8,9)10)15-17(13)3(11,12)18(14)16-4/q-1. The summed E-state index contributed by atoms with van der Waals surface area (Å²) in [5, 5.41) is 0. The van der Waals surface area contributed by atoms with Crippen molar-refractivity contribution >= 4 is 28.7 Å². The first-order chi connectivity index (χ1) is 7.76. The summed E-state index contributed by atoms with van der Waals surface area (Å²) in [6.07, 6.45) is -12.7. The van der Waals surface area contributed by atoms with Gasteiger partial charge >= 0.3 is 23.3 Å². The van der Waals surface area contributed by atoms with Gasteiger partial charge in [-0.25, -0.2) is 34.8 Å². The van der Waals surface area contributed by atoms with Gasteiger partial charge in [-0.2, -0.15) is 8.78 Å². The van der Waals surface area contributed by atoms with Gasteiger partial charge in [0, 0.05) is 0 Å². The van der Waals surface area contributed by atoms with Crippen molar-refractivity contribution < 1.29 is 51.7 Å². The summed E-state index contributed by atoms with van der Waals surface area (Å²) in [7, 11) is 0. The fourth-order valence-electron chi connectivity index (χ4n) is 0.834. The molecule has 108 valence electrons. The normalized spacial score (nSPS) is 32.2. The van der Waals surface area contributed by atoms with Crippen LogP contribution in [0.5, 0.6) is 0 Å². The molecule has 1 fully saturated rings. The van der Waals surface area contributed by atoms with E-state index in [-0.39, 0.29) is 0 Å². The Morgan fingerprint density at radius 1 is 0.833 bits per heavy atom. The van der Waals surface area contributed by atoms with Crippen molar-refractivity contribution in [2.24, 2.45) is 0 Å². The number of hydrogen-bond acceptors (Lipinski definition) is 4. The fraction of sp³-hybridized carbons (Fsp3) is 1.00. The molecular formula is C3BF8O4S2-. The molecule has 15 heteroatoms. The van der Waals surface area contributed by atoms with Crippen molar-refractivity contribution in [3.63, 3.8) is 0 Å². The maximum absolute atomic E-state index is 12.5. The van der Waals surface area contributed by atoms with Crippen LogP contribution in [-0.2, 0) is 30.4 Å². The molecule has 0 aromatic rings. The van der Waals surface area contributed by atoms with Crippen molar-refractivity contribution in [3.05, 3.63) is 0 Å². The highest BCUT2D eigenvalue weighted by Gasteiger charge is 2.76. The number of halogens is 8. The van der Waals surface area contributed by atoms with Gasteiger partial charge in [0.2, 0.25) is 22.2 Å². The Morgan fingerprint density at radius 3 is 1.33 bits per heavy atom. The Balaban J connectivity index is 3.36. The second kappa shape index (κ2) is 4.11. The lowest BCUT2D eigenvalue weighted by molar-refractivity contribution is -0.149. The minimum Gasteiger partial charge on any atom is -0.460 e. The van der Waals surface area contributed by atoms with E-state index in [1.54, 1.807) is 0 Å². The highest BCUT2D eigenvalue weighted by atomic mass is 32.3. The third kappa shape index (κ3) is 2.16. The van der Waals surface area contributed by atoms with Crippen LogP contribution >= 0.6 is 0 Å². The van der Waals surface area contributed by atoms with Crippen molar-refractivity contribution in [2.75, 3.05) is 0 Å². The number of rotatable bonds is 0. The van der Waals surface area contributed by atoms with E-state index in [1.807, 2.05) is 0 Å². The first-order valence-electron chi connectivity index (χ1n) is 3.64. The van der Waals surface area contributed by atoms with Gasteiger partial charge in [0.25, 0.3) is 0 Å². The van der Waals surface area contributed by atoms with Crippen molar-refractivity contribution in [3.8, 4) is 0 Å². The van der Waals surface area contributed by atoms with E-state index >= 15 is 0 Å². The smallest absolute Gasteiger partial charge is 0.460 e. The molecule has 0 aromatic heterocycles. The molecule has 0 radical (unpaired) electrons. The predicted molar refractivity (Wildman–Crippen MR) is 41.3 cm³/mol. The zero-order chi connectivity index (χ0) is 14.6. The van der Waals surface area contributed by atoms with Crippen LogP contribution in [0.1, 0.15) is 0 Å². The van der Waals surface area contributed by atoms with E-state index < -0.39 is 45.5 Å². The third-order valence-electron chi connectivity index (χ3n) is 1.70. The molecule has 2 atom stereocenters. The van der Waals surface area contributed by atoms with Crippen LogP contribution in [0.25, 0.3) is 0 Å². The maximum atomic E-state index is 12.5. The predicted octanol–water partition coefficient (Wildman–Crippen LogP) is 1.56. The van der Waals surface area contributed by atoms with Crippen LogP contribution in [0.15, 0.2) is 0 Å². The Kier molecular flexibility index (Phi) is 3.60. The molecule has 0 spiro atoms. The topological polar surface area (TPSA) is 52.6 Å². The first kappa shape index (κ1) is 15.8. The second-order valence-corrected chi connectivity index (χ2v) is 5.53. The molecule has 18 heavy (non-hydrogen) atoms. The zero-order valence-corrected chi connectivity index (χ0v) is 9.18. The zero-order valence-electron chi connectivity index (χ0n) is 7.55. The molecule has 4 nitrogen and oxygen atoms in total. The Hall–Kier alpha value is -0.275. The molecule has 1 rings (SSSR count). The molecule has 1 heterocycles. The molecule has 1 aliphatic rings. The van der Waals surface area contributed by atoms with Crippen molar-refractivity contribution in [1.29, 1.82) is 0 Å². The number of hydrogen-bond donors (Lipinski definition) is 0. The van der Waals surface area contributed by atoms with Crippen molar-refractivity contribution in [2.45, 2.75) is 16.7 Å². The third-order valence-corrected chi connectivity index (χ3v) is 4.18. The Morgan fingerprint density at radius 2 is 1.11 bits per heavy atom. The minimum absolute atomic E-state index is 2.81. The van der Waals surface area contributed by atoms with E-state index in [1.165, 1.54) is 0 Å². The van der Waals surface area contributed by atoms with Gasteiger partial charge in [-0.3, -0.25) is 0 Å². The summed E-state index contributed by atoms with van der Waals surface area (Å²) < 4.78 is 120. The van der Waals surface area contributed by atoms with Gasteiger partial charge in [-0.15, -0.1) is 0 Å². The summed E-state index contributed by atoms with van der Waals surface area (Å²) in [5.74, 6) is 0. The average molecular weight is 327 g/mol. The molecule has 0 amide bonds. The molecule has 0 saturated carbocycles. The van der Waals surface area contributed by atoms with Crippen LogP contribution in [0.3, 0.4) is 0 Å². The quantitative estimate of drug-likeness (QED) is 0.501. The van der Waals surface area contributed by atoms with Crippen molar-refractivity contribution in [1.82, 2.24) is 0 Å². The van der Waals surface area contributed by atoms with Gasteiger partial charge in [-0.05, 0) is 0 Å². The average Bonchev–Trinajstić information content (AvgIpc) is 2.10. The Bertz CT molecular complexity index is 366. The van der Waals surface area contributed by atoms with Gasteiger partial charge in [0.15, 0.2) is 0 Å². The van der Waals surface area contributed by atoms with Gasteiger partial charge in [0.05, 0.1) is 0 Å². The summed E-state index contributed by atoms with van der Waals surface area (Å²) in [5.41, 5.74) is 0. The van der Waals surface area contributed by atoms with Crippen LogP contribution in [-0.4, -0.2) is 31.7 Å². The molecular weight excluding hydrogens is 327 g/mol.